The molecule has 0 radical (unpaired) electrons. The summed E-state index contributed by atoms with van der Waals surface area (Å²) in [5.74, 6) is -0.343. The lowest BCUT2D eigenvalue weighted by Crippen LogP contribution is -2.41. The van der Waals surface area contributed by atoms with Gasteiger partial charge in [0.1, 0.15) is 6.10 Å². The molecule has 0 aliphatic carbocycles. The Hall–Kier alpha value is -2.02. The van der Waals surface area contributed by atoms with Crippen LogP contribution in [0.5, 0.6) is 0 Å². The highest BCUT2D eigenvalue weighted by atomic mass is 16.5. The number of amides is 2. The summed E-state index contributed by atoms with van der Waals surface area (Å²) in [6.45, 7) is 3.10. The van der Waals surface area contributed by atoms with E-state index < -0.39 is 0 Å². The van der Waals surface area contributed by atoms with E-state index in [1.807, 2.05) is 0 Å². The zero-order valence-corrected chi connectivity index (χ0v) is 11.4. The van der Waals surface area contributed by atoms with Gasteiger partial charge in [-0.2, -0.15) is 0 Å². The van der Waals surface area contributed by atoms with Crippen molar-refractivity contribution in [1.82, 2.24) is 14.9 Å². The van der Waals surface area contributed by atoms with Gasteiger partial charge in [-0.1, -0.05) is 0 Å². The van der Waals surface area contributed by atoms with Crippen LogP contribution in [0.3, 0.4) is 0 Å². The molecule has 1 aliphatic heterocycles. The molecule has 20 heavy (non-hydrogen) atoms. The normalized spacial score (nSPS) is 18.9. The van der Waals surface area contributed by atoms with Crippen molar-refractivity contribution in [2.75, 3.05) is 19.7 Å². The van der Waals surface area contributed by atoms with Crippen molar-refractivity contribution in [2.45, 2.75) is 25.9 Å². The van der Waals surface area contributed by atoms with Crippen LogP contribution in [0.15, 0.2) is 12.4 Å². The van der Waals surface area contributed by atoms with Crippen LogP contribution in [-0.2, 0) is 20.7 Å². The lowest BCUT2D eigenvalue weighted by molar-refractivity contribution is -0.136. The van der Waals surface area contributed by atoms with E-state index in [4.69, 9.17) is 10.5 Å². The molecule has 2 heterocycles. The second kappa shape index (κ2) is 6.42. The molecular formula is C13H18N4O3. The van der Waals surface area contributed by atoms with Crippen LogP contribution in [0.2, 0.25) is 0 Å². The van der Waals surface area contributed by atoms with Crippen LogP contribution < -0.4 is 5.73 Å². The fourth-order valence-corrected chi connectivity index (χ4v) is 2.06. The summed E-state index contributed by atoms with van der Waals surface area (Å²) in [7, 11) is 0. The van der Waals surface area contributed by atoms with Crippen molar-refractivity contribution in [3.05, 3.63) is 23.8 Å². The van der Waals surface area contributed by atoms with Crippen LogP contribution in [0.1, 0.15) is 30.8 Å². The zero-order chi connectivity index (χ0) is 14.5. The van der Waals surface area contributed by atoms with Crippen molar-refractivity contribution in [3.8, 4) is 0 Å². The molecule has 1 atom stereocenters. The van der Waals surface area contributed by atoms with Gasteiger partial charge in [-0.3, -0.25) is 19.6 Å². The van der Waals surface area contributed by atoms with Gasteiger partial charge < -0.3 is 15.4 Å². The SMILES string of the molecule is CC(=O)N1CCO[C@@H](c2cncc(CCC(N)=O)n2)C1. The molecule has 1 fully saturated rings. The van der Waals surface area contributed by atoms with Crippen molar-refractivity contribution in [3.63, 3.8) is 0 Å². The Labute approximate surface area is 117 Å². The van der Waals surface area contributed by atoms with Gasteiger partial charge in [0.2, 0.25) is 11.8 Å². The summed E-state index contributed by atoms with van der Waals surface area (Å²) in [6, 6.07) is 0. The summed E-state index contributed by atoms with van der Waals surface area (Å²) >= 11 is 0. The van der Waals surface area contributed by atoms with Crippen molar-refractivity contribution in [1.29, 1.82) is 0 Å². The quantitative estimate of drug-likeness (QED) is 0.823. The smallest absolute Gasteiger partial charge is 0.219 e. The standard InChI is InChI=1S/C13H18N4O3/c1-9(18)17-4-5-20-12(8-17)11-7-15-6-10(16-11)2-3-13(14)19/h6-7,12H,2-5,8H2,1H3,(H2,14,19)/t12-/m1/s1. The first-order valence-electron chi connectivity index (χ1n) is 6.52. The monoisotopic (exact) mass is 278 g/mol. The number of primary amides is 1. The number of aromatic nitrogens is 2. The number of nitrogens with zero attached hydrogens (tertiary/aromatic N) is 3. The van der Waals surface area contributed by atoms with E-state index in [9.17, 15) is 9.59 Å². The van der Waals surface area contributed by atoms with Gasteiger partial charge in [0.15, 0.2) is 0 Å². The summed E-state index contributed by atoms with van der Waals surface area (Å²) in [6.07, 6.45) is 3.66. The summed E-state index contributed by atoms with van der Waals surface area (Å²) in [5.41, 5.74) is 6.49. The number of hydrogen-bond donors (Lipinski definition) is 1. The number of ether oxygens (including phenoxy) is 1. The first-order valence-corrected chi connectivity index (χ1v) is 6.52. The number of carbonyl (C=O) groups is 2. The highest BCUT2D eigenvalue weighted by molar-refractivity contribution is 5.74. The third kappa shape index (κ3) is 3.74. The Morgan fingerprint density at radius 2 is 2.30 bits per heavy atom. The Morgan fingerprint density at radius 3 is 3.00 bits per heavy atom. The molecule has 0 bridgehead atoms. The van der Waals surface area contributed by atoms with Gasteiger partial charge in [-0.25, -0.2) is 0 Å². The molecule has 2 rings (SSSR count). The van der Waals surface area contributed by atoms with Crippen molar-refractivity contribution >= 4 is 11.8 Å². The fourth-order valence-electron chi connectivity index (χ4n) is 2.06. The van der Waals surface area contributed by atoms with E-state index in [0.717, 1.165) is 0 Å². The van der Waals surface area contributed by atoms with E-state index in [1.54, 1.807) is 17.3 Å². The lowest BCUT2D eigenvalue weighted by Gasteiger charge is -2.31. The molecule has 1 saturated heterocycles. The minimum atomic E-state index is -0.367. The maximum atomic E-state index is 11.4. The van der Waals surface area contributed by atoms with Gasteiger partial charge in [-0.15, -0.1) is 0 Å². The minimum absolute atomic E-state index is 0.0242. The number of aryl methyl sites for hydroxylation is 1. The fraction of sp³-hybridized carbons (Fsp3) is 0.538. The molecule has 0 unspecified atom stereocenters. The molecule has 108 valence electrons. The van der Waals surface area contributed by atoms with Gasteiger partial charge in [0.05, 0.1) is 30.7 Å². The average Bonchev–Trinajstić information content (AvgIpc) is 2.45. The Morgan fingerprint density at radius 1 is 1.50 bits per heavy atom. The third-order valence-electron chi connectivity index (χ3n) is 3.17. The van der Waals surface area contributed by atoms with Gasteiger partial charge in [0, 0.05) is 26.1 Å². The number of carbonyl (C=O) groups excluding carboxylic acids is 2. The largest absolute Gasteiger partial charge is 0.370 e. The maximum Gasteiger partial charge on any atom is 0.219 e. The van der Waals surface area contributed by atoms with Crippen molar-refractivity contribution < 1.29 is 14.3 Å². The van der Waals surface area contributed by atoms with E-state index in [2.05, 4.69) is 9.97 Å². The van der Waals surface area contributed by atoms with Gasteiger partial charge in [-0.05, 0) is 6.42 Å². The average molecular weight is 278 g/mol. The molecule has 2 amide bonds. The van der Waals surface area contributed by atoms with E-state index in [-0.39, 0.29) is 24.3 Å². The molecule has 2 N–H and O–H groups in total. The molecule has 0 aromatic carbocycles. The Bertz CT molecular complexity index is 506. The lowest BCUT2D eigenvalue weighted by atomic mass is 10.2. The second-order valence-electron chi connectivity index (χ2n) is 4.73. The first-order chi connectivity index (χ1) is 9.56. The highest BCUT2D eigenvalue weighted by Crippen LogP contribution is 2.20. The number of morpholine rings is 1. The van der Waals surface area contributed by atoms with Gasteiger partial charge >= 0.3 is 0 Å². The van der Waals surface area contributed by atoms with Gasteiger partial charge in [0.25, 0.3) is 0 Å². The first kappa shape index (κ1) is 14.4. The predicted molar refractivity (Wildman–Crippen MR) is 70.5 cm³/mol. The van der Waals surface area contributed by atoms with Crippen LogP contribution in [-0.4, -0.2) is 46.4 Å². The van der Waals surface area contributed by atoms with E-state index >= 15 is 0 Å². The predicted octanol–water partition coefficient (Wildman–Crippen LogP) is -0.186. The van der Waals surface area contributed by atoms with Crippen LogP contribution in [0, 0.1) is 0 Å². The molecule has 1 aliphatic rings. The number of nitrogens with two attached hydrogens (primary N) is 1. The molecule has 7 nitrogen and oxygen atoms in total. The molecular weight excluding hydrogens is 260 g/mol. The molecule has 7 heteroatoms. The molecule has 1 aromatic rings. The zero-order valence-electron chi connectivity index (χ0n) is 11.4. The second-order valence-corrected chi connectivity index (χ2v) is 4.73. The molecule has 0 spiro atoms. The summed E-state index contributed by atoms with van der Waals surface area (Å²) in [4.78, 5) is 32.5. The third-order valence-corrected chi connectivity index (χ3v) is 3.17. The van der Waals surface area contributed by atoms with Crippen LogP contribution in [0.25, 0.3) is 0 Å². The summed E-state index contributed by atoms with van der Waals surface area (Å²) in [5, 5.41) is 0. The van der Waals surface area contributed by atoms with E-state index in [0.29, 0.717) is 37.5 Å². The molecule has 0 saturated carbocycles. The highest BCUT2D eigenvalue weighted by Gasteiger charge is 2.24. The topological polar surface area (TPSA) is 98.4 Å². The summed E-state index contributed by atoms with van der Waals surface area (Å²) < 4.78 is 5.64. The number of rotatable bonds is 4. The Kier molecular flexibility index (Phi) is 4.62. The van der Waals surface area contributed by atoms with E-state index in [1.165, 1.54) is 6.92 Å². The maximum absolute atomic E-state index is 11.4. The minimum Gasteiger partial charge on any atom is -0.370 e. The van der Waals surface area contributed by atoms with Crippen molar-refractivity contribution in [2.24, 2.45) is 5.73 Å². The van der Waals surface area contributed by atoms with Crippen LogP contribution in [0.4, 0.5) is 0 Å². The van der Waals surface area contributed by atoms with Crippen LogP contribution >= 0.6 is 0 Å². The molecule has 1 aromatic heterocycles. The Balaban J connectivity index is 2.06. The number of hydrogen-bond acceptors (Lipinski definition) is 5.